The second kappa shape index (κ2) is 5.33. The summed E-state index contributed by atoms with van der Waals surface area (Å²) >= 11 is 5.87. The van der Waals surface area contributed by atoms with Crippen LogP contribution >= 0.6 is 11.6 Å². The lowest BCUT2D eigenvalue weighted by molar-refractivity contribution is 0.102. The molecule has 0 aliphatic carbocycles. The van der Waals surface area contributed by atoms with Crippen molar-refractivity contribution in [3.63, 3.8) is 0 Å². The molecule has 0 unspecified atom stereocenters. The van der Waals surface area contributed by atoms with Gasteiger partial charge in [0.1, 0.15) is 0 Å². The van der Waals surface area contributed by atoms with Crippen molar-refractivity contribution in [2.75, 3.05) is 11.1 Å². The summed E-state index contributed by atoms with van der Waals surface area (Å²) in [5.41, 5.74) is 9.72. The highest BCUT2D eigenvalue weighted by atomic mass is 35.5. The van der Waals surface area contributed by atoms with Crippen LogP contribution in [-0.4, -0.2) is 5.91 Å². The number of hydrogen-bond donors (Lipinski definition) is 2. The number of hydrogen-bond acceptors (Lipinski definition) is 2. The Kier molecular flexibility index (Phi) is 3.76. The van der Waals surface area contributed by atoms with Crippen molar-refractivity contribution in [3.05, 3.63) is 58.1 Å². The Bertz CT molecular complexity index is 638. The van der Waals surface area contributed by atoms with Crippen molar-refractivity contribution in [2.24, 2.45) is 0 Å². The van der Waals surface area contributed by atoms with Gasteiger partial charge in [-0.3, -0.25) is 4.79 Å². The summed E-state index contributed by atoms with van der Waals surface area (Å²) in [4.78, 5) is 12.1. The smallest absolute Gasteiger partial charge is 0.255 e. The summed E-state index contributed by atoms with van der Waals surface area (Å²) in [7, 11) is 0. The maximum absolute atomic E-state index is 12.1. The number of carbonyl (C=O) groups excluding carboxylic acids is 1. The summed E-state index contributed by atoms with van der Waals surface area (Å²) in [5.74, 6) is -0.200. The van der Waals surface area contributed by atoms with E-state index in [0.29, 0.717) is 22.0 Å². The molecule has 0 saturated heterocycles. The summed E-state index contributed by atoms with van der Waals surface area (Å²) in [5, 5.41) is 3.38. The molecule has 2 aromatic rings. The Balaban J connectivity index is 2.27. The lowest BCUT2D eigenvalue weighted by Crippen LogP contribution is -2.13. The Hall–Kier alpha value is -2.00. The Morgan fingerprint density at radius 2 is 1.89 bits per heavy atom. The monoisotopic (exact) mass is 274 g/mol. The third kappa shape index (κ3) is 3.06. The van der Waals surface area contributed by atoms with E-state index in [1.165, 1.54) is 0 Å². The quantitative estimate of drug-likeness (QED) is 0.819. The first-order valence-electron chi connectivity index (χ1n) is 5.91. The number of amides is 1. The van der Waals surface area contributed by atoms with E-state index in [9.17, 15) is 4.79 Å². The number of nitrogens with one attached hydrogen (secondary N) is 1. The predicted molar refractivity (Wildman–Crippen MR) is 79.7 cm³/mol. The van der Waals surface area contributed by atoms with E-state index in [4.69, 9.17) is 17.3 Å². The van der Waals surface area contributed by atoms with Crippen LogP contribution in [0.3, 0.4) is 0 Å². The van der Waals surface area contributed by atoms with E-state index in [0.717, 1.165) is 11.1 Å². The van der Waals surface area contributed by atoms with Gasteiger partial charge in [-0.1, -0.05) is 23.7 Å². The number of nitrogen functional groups attached to an aromatic ring is 1. The fourth-order valence-electron chi connectivity index (χ4n) is 1.83. The number of carbonyl (C=O) groups is 1. The van der Waals surface area contributed by atoms with Crippen LogP contribution in [-0.2, 0) is 0 Å². The molecule has 0 bridgehead atoms. The number of rotatable bonds is 2. The molecule has 2 aromatic carbocycles. The van der Waals surface area contributed by atoms with Crippen molar-refractivity contribution < 1.29 is 4.79 Å². The Labute approximate surface area is 117 Å². The van der Waals surface area contributed by atoms with E-state index in [2.05, 4.69) is 5.32 Å². The molecule has 98 valence electrons. The zero-order chi connectivity index (χ0) is 14.0. The molecule has 4 heteroatoms. The van der Waals surface area contributed by atoms with Gasteiger partial charge in [-0.2, -0.15) is 0 Å². The van der Waals surface area contributed by atoms with Crippen LogP contribution in [0.15, 0.2) is 36.4 Å². The van der Waals surface area contributed by atoms with Gasteiger partial charge < -0.3 is 11.1 Å². The van der Waals surface area contributed by atoms with Crippen LogP contribution in [0.2, 0.25) is 5.02 Å². The lowest BCUT2D eigenvalue weighted by Gasteiger charge is -2.11. The second-order valence-corrected chi connectivity index (χ2v) is 4.92. The molecule has 0 spiro atoms. The van der Waals surface area contributed by atoms with Crippen LogP contribution in [0, 0.1) is 13.8 Å². The molecule has 19 heavy (non-hydrogen) atoms. The molecule has 0 aromatic heterocycles. The minimum atomic E-state index is -0.200. The molecule has 0 radical (unpaired) electrons. The molecule has 0 aliphatic rings. The van der Waals surface area contributed by atoms with Gasteiger partial charge in [0.2, 0.25) is 0 Å². The number of nitrogens with two attached hydrogens (primary N) is 1. The van der Waals surface area contributed by atoms with Crippen LogP contribution < -0.4 is 11.1 Å². The van der Waals surface area contributed by atoms with E-state index in [1.54, 1.807) is 30.3 Å². The minimum Gasteiger partial charge on any atom is -0.398 e. The zero-order valence-corrected chi connectivity index (χ0v) is 11.6. The SMILES string of the molecule is Cc1cc(C)c(NC(=O)c2cccc(Cl)c2)cc1N. The maximum atomic E-state index is 12.1. The molecule has 0 aliphatic heterocycles. The van der Waals surface area contributed by atoms with Gasteiger partial charge in [0.05, 0.1) is 0 Å². The van der Waals surface area contributed by atoms with E-state index in [-0.39, 0.29) is 5.91 Å². The van der Waals surface area contributed by atoms with Crippen molar-refractivity contribution in [3.8, 4) is 0 Å². The highest BCUT2D eigenvalue weighted by Gasteiger charge is 2.09. The third-order valence-corrected chi connectivity index (χ3v) is 3.18. The van der Waals surface area contributed by atoms with Gasteiger partial charge >= 0.3 is 0 Å². The summed E-state index contributed by atoms with van der Waals surface area (Å²) in [6.07, 6.45) is 0. The van der Waals surface area contributed by atoms with E-state index >= 15 is 0 Å². The average molecular weight is 275 g/mol. The normalized spacial score (nSPS) is 10.3. The van der Waals surface area contributed by atoms with Crippen molar-refractivity contribution in [2.45, 2.75) is 13.8 Å². The van der Waals surface area contributed by atoms with E-state index < -0.39 is 0 Å². The van der Waals surface area contributed by atoms with Crippen molar-refractivity contribution >= 4 is 28.9 Å². The van der Waals surface area contributed by atoms with Gasteiger partial charge in [-0.25, -0.2) is 0 Å². The van der Waals surface area contributed by atoms with Crippen LogP contribution in [0.4, 0.5) is 11.4 Å². The summed E-state index contributed by atoms with van der Waals surface area (Å²) in [6.45, 7) is 3.87. The standard InChI is InChI=1S/C15H15ClN2O/c1-9-6-10(2)14(8-13(9)17)18-15(19)11-4-3-5-12(16)7-11/h3-8H,17H2,1-2H3,(H,18,19). The molecule has 0 saturated carbocycles. The van der Waals surface area contributed by atoms with Crippen LogP contribution in [0.5, 0.6) is 0 Å². The fraction of sp³-hybridized carbons (Fsp3) is 0.133. The van der Waals surface area contributed by atoms with Gasteiger partial charge in [0.25, 0.3) is 5.91 Å². The topological polar surface area (TPSA) is 55.1 Å². The summed E-state index contributed by atoms with van der Waals surface area (Å²) in [6, 6.07) is 10.5. The Morgan fingerprint density at radius 3 is 2.58 bits per heavy atom. The molecule has 0 heterocycles. The predicted octanol–water partition coefficient (Wildman–Crippen LogP) is 3.79. The largest absolute Gasteiger partial charge is 0.398 e. The highest BCUT2D eigenvalue weighted by Crippen LogP contribution is 2.23. The van der Waals surface area contributed by atoms with Gasteiger partial charge in [0, 0.05) is 22.0 Å². The molecule has 0 atom stereocenters. The molecule has 1 amide bonds. The third-order valence-electron chi connectivity index (χ3n) is 2.95. The second-order valence-electron chi connectivity index (χ2n) is 4.49. The molecule has 3 N–H and O–H groups in total. The lowest BCUT2D eigenvalue weighted by atomic mass is 10.1. The van der Waals surface area contributed by atoms with E-state index in [1.807, 2.05) is 19.9 Å². The van der Waals surface area contributed by atoms with Crippen molar-refractivity contribution in [1.82, 2.24) is 0 Å². The van der Waals surface area contributed by atoms with Gasteiger partial charge in [0.15, 0.2) is 0 Å². The number of anilines is 2. The first-order chi connectivity index (χ1) is 8.97. The minimum absolute atomic E-state index is 0.200. The number of benzene rings is 2. The molecule has 0 fully saturated rings. The first kappa shape index (κ1) is 13.4. The molecular formula is C15H15ClN2O. The van der Waals surface area contributed by atoms with Crippen LogP contribution in [0.1, 0.15) is 21.5 Å². The Morgan fingerprint density at radius 1 is 1.16 bits per heavy atom. The number of aryl methyl sites for hydroxylation is 2. The molecule has 3 nitrogen and oxygen atoms in total. The van der Waals surface area contributed by atoms with Crippen molar-refractivity contribution in [1.29, 1.82) is 0 Å². The average Bonchev–Trinajstić information content (AvgIpc) is 2.36. The van der Waals surface area contributed by atoms with Gasteiger partial charge in [-0.15, -0.1) is 0 Å². The fourth-order valence-corrected chi connectivity index (χ4v) is 2.02. The zero-order valence-electron chi connectivity index (χ0n) is 10.8. The number of halogens is 1. The first-order valence-corrected chi connectivity index (χ1v) is 6.29. The highest BCUT2D eigenvalue weighted by molar-refractivity contribution is 6.31. The van der Waals surface area contributed by atoms with Crippen LogP contribution in [0.25, 0.3) is 0 Å². The van der Waals surface area contributed by atoms with Gasteiger partial charge in [-0.05, 0) is 49.2 Å². The summed E-state index contributed by atoms with van der Waals surface area (Å²) < 4.78 is 0. The molecular weight excluding hydrogens is 260 g/mol. The maximum Gasteiger partial charge on any atom is 0.255 e. The molecule has 2 rings (SSSR count).